The highest BCUT2D eigenvalue weighted by Gasteiger charge is 2.51. The Morgan fingerprint density at radius 3 is 2.75 bits per heavy atom. The Kier molecular flexibility index (Phi) is 4.65. The van der Waals surface area contributed by atoms with Crippen molar-refractivity contribution in [2.24, 2.45) is 10.9 Å². The van der Waals surface area contributed by atoms with E-state index >= 15 is 0 Å². The second-order valence-electron chi connectivity index (χ2n) is 6.20. The Morgan fingerprint density at radius 2 is 2.07 bits per heavy atom. The number of amidine groups is 1. The number of oxime groups is 1. The Balaban J connectivity index is 1.62. The Morgan fingerprint density at radius 1 is 1.32 bits per heavy atom. The van der Waals surface area contributed by atoms with Crippen LogP contribution in [0.4, 0.5) is 0 Å². The van der Waals surface area contributed by atoms with Gasteiger partial charge in [-0.2, -0.15) is 0 Å². The number of nitrogens with one attached hydrogen (secondary N) is 1. The molecule has 0 bridgehead atoms. The second kappa shape index (κ2) is 7.13. The van der Waals surface area contributed by atoms with Gasteiger partial charge in [-0.15, -0.1) is 11.8 Å². The number of rotatable bonds is 4. The molecule has 2 atom stereocenters. The van der Waals surface area contributed by atoms with Crippen LogP contribution in [0.2, 0.25) is 0 Å². The normalized spacial score (nSPS) is 23.0. The van der Waals surface area contributed by atoms with Crippen LogP contribution in [0.3, 0.4) is 0 Å². The number of fused-ring (bicyclic) bond motifs is 2. The standard InChI is InChI=1S/C18H16N4O5S/c1-26-21-17(24)16(19)20-27-18(25)14-11-7-10(9-5-3-2-4-6-9)15(11)28-13-8-12(23)22(13)14/h2-7,13,15H,8H2,1H3,(H2,19,20)(H,21,24). The number of carbonyl (C=O) groups excluding carboxylic acids is 3. The molecule has 144 valence electrons. The van der Waals surface area contributed by atoms with Crippen LogP contribution in [-0.4, -0.2) is 46.3 Å². The van der Waals surface area contributed by atoms with Gasteiger partial charge in [-0.25, -0.2) is 10.3 Å². The van der Waals surface area contributed by atoms with Crippen molar-refractivity contribution in [3.63, 3.8) is 0 Å². The first-order valence-electron chi connectivity index (χ1n) is 8.38. The predicted molar refractivity (Wildman–Crippen MR) is 101 cm³/mol. The number of hydrogen-bond donors (Lipinski definition) is 2. The van der Waals surface area contributed by atoms with Crippen LogP contribution in [0, 0.1) is 0 Å². The summed E-state index contributed by atoms with van der Waals surface area (Å²) in [4.78, 5) is 46.8. The number of nitrogens with two attached hydrogens (primary N) is 1. The zero-order valence-electron chi connectivity index (χ0n) is 14.7. The van der Waals surface area contributed by atoms with Crippen LogP contribution in [-0.2, 0) is 24.1 Å². The minimum Gasteiger partial charge on any atom is -0.376 e. The summed E-state index contributed by atoms with van der Waals surface area (Å²) in [5.41, 5.74) is 10.4. The van der Waals surface area contributed by atoms with Gasteiger partial charge in [0.15, 0.2) is 0 Å². The molecule has 4 rings (SSSR count). The third-order valence-corrected chi connectivity index (χ3v) is 6.02. The smallest absolute Gasteiger partial charge is 0.376 e. The SMILES string of the molecule is CONC(=O)/C(N)=N/OC(=O)C1=C2C=C(c3ccccc3)C2SC2CC(=O)N12. The van der Waals surface area contributed by atoms with Crippen molar-refractivity contribution in [1.82, 2.24) is 10.4 Å². The summed E-state index contributed by atoms with van der Waals surface area (Å²) in [6, 6.07) is 9.83. The van der Waals surface area contributed by atoms with E-state index < -0.39 is 17.7 Å². The van der Waals surface area contributed by atoms with Crippen LogP contribution in [0.15, 0.2) is 52.8 Å². The molecule has 1 saturated heterocycles. The molecule has 1 aliphatic carbocycles. The number of benzene rings is 1. The fourth-order valence-electron chi connectivity index (χ4n) is 3.19. The monoisotopic (exact) mass is 400 g/mol. The zero-order chi connectivity index (χ0) is 19.8. The second-order valence-corrected chi connectivity index (χ2v) is 7.49. The number of nitrogens with zero attached hydrogens (tertiary/aromatic N) is 2. The number of amides is 2. The van der Waals surface area contributed by atoms with Crippen LogP contribution in [0.5, 0.6) is 0 Å². The van der Waals surface area contributed by atoms with Gasteiger partial charge in [0.25, 0.3) is 0 Å². The molecule has 2 amide bonds. The largest absolute Gasteiger partial charge is 0.382 e. The van der Waals surface area contributed by atoms with E-state index in [1.54, 1.807) is 11.8 Å². The highest BCUT2D eigenvalue weighted by Crippen LogP contribution is 2.53. The molecule has 1 fully saturated rings. The van der Waals surface area contributed by atoms with Crippen LogP contribution in [0.25, 0.3) is 5.57 Å². The lowest BCUT2D eigenvalue weighted by Crippen LogP contribution is -2.56. The van der Waals surface area contributed by atoms with Crippen molar-refractivity contribution in [2.45, 2.75) is 17.0 Å². The molecule has 28 heavy (non-hydrogen) atoms. The maximum atomic E-state index is 12.6. The van der Waals surface area contributed by atoms with E-state index in [-0.39, 0.29) is 22.2 Å². The Hall–Kier alpha value is -3.11. The van der Waals surface area contributed by atoms with Gasteiger partial charge in [0, 0.05) is 5.57 Å². The third kappa shape index (κ3) is 2.96. The molecular formula is C18H16N4O5S. The van der Waals surface area contributed by atoms with Crippen molar-refractivity contribution in [3.05, 3.63) is 53.2 Å². The highest BCUT2D eigenvalue weighted by atomic mass is 32.2. The van der Waals surface area contributed by atoms with Crippen LogP contribution < -0.4 is 11.2 Å². The molecule has 0 saturated carbocycles. The van der Waals surface area contributed by atoms with Gasteiger partial charge in [0.1, 0.15) is 5.70 Å². The number of β-lactam (4-membered cyclic amide) rings is 1. The summed E-state index contributed by atoms with van der Waals surface area (Å²) < 4.78 is 0. The van der Waals surface area contributed by atoms with Gasteiger partial charge in [-0.1, -0.05) is 35.5 Å². The zero-order valence-corrected chi connectivity index (χ0v) is 15.6. The van der Waals surface area contributed by atoms with E-state index in [1.165, 1.54) is 12.0 Å². The Bertz CT molecular complexity index is 956. The summed E-state index contributed by atoms with van der Waals surface area (Å²) in [5, 5.41) is 3.18. The first-order valence-corrected chi connectivity index (χ1v) is 9.32. The molecular weight excluding hydrogens is 384 g/mol. The molecule has 10 heteroatoms. The molecule has 2 heterocycles. The van der Waals surface area contributed by atoms with Crippen molar-refractivity contribution in [1.29, 1.82) is 0 Å². The lowest BCUT2D eigenvalue weighted by Gasteiger charge is -2.49. The summed E-state index contributed by atoms with van der Waals surface area (Å²) in [6.45, 7) is 0. The molecule has 0 radical (unpaired) electrons. The van der Waals surface area contributed by atoms with E-state index in [0.717, 1.165) is 11.1 Å². The van der Waals surface area contributed by atoms with Gasteiger partial charge < -0.3 is 10.6 Å². The van der Waals surface area contributed by atoms with Gasteiger partial charge in [-0.3, -0.25) is 19.3 Å². The quantitative estimate of drug-likeness (QED) is 0.248. The number of hydrogen-bond acceptors (Lipinski definition) is 7. The number of allylic oxidation sites excluding steroid dienone is 1. The molecule has 3 N–H and O–H groups in total. The first kappa shape index (κ1) is 18.3. The summed E-state index contributed by atoms with van der Waals surface area (Å²) in [7, 11) is 1.23. The molecule has 9 nitrogen and oxygen atoms in total. The average molecular weight is 400 g/mol. The molecule has 1 aromatic carbocycles. The lowest BCUT2D eigenvalue weighted by molar-refractivity contribution is -0.149. The van der Waals surface area contributed by atoms with E-state index in [1.807, 2.05) is 41.9 Å². The maximum absolute atomic E-state index is 12.6. The summed E-state index contributed by atoms with van der Waals surface area (Å²) in [5.74, 6) is -2.43. The summed E-state index contributed by atoms with van der Waals surface area (Å²) in [6.07, 6.45) is 2.23. The molecule has 2 aliphatic heterocycles. The van der Waals surface area contributed by atoms with Gasteiger partial charge in [0.2, 0.25) is 11.7 Å². The van der Waals surface area contributed by atoms with Gasteiger partial charge in [-0.05, 0) is 17.2 Å². The first-order chi connectivity index (χ1) is 13.5. The van der Waals surface area contributed by atoms with E-state index in [0.29, 0.717) is 12.0 Å². The van der Waals surface area contributed by atoms with E-state index in [4.69, 9.17) is 10.6 Å². The van der Waals surface area contributed by atoms with Crippen molar-refractivity contribution in [3.8, 4) is 0 Å². The van der Waals surface area contributed by atoms with E-state index in [9.17, 15) is 14.4 Å². The third-order valence-electron chi connectivity index (χ3n) is 4.54. The topological polar surface area (TPSA) is 123 Å². The van der Waals surface area contributed by atoms with Crippen LogP contribution in [0.1, 0.15) is 12.0 Å². The highest BCUT2D eigenvalue weighted by molar-refractivity contribution is 8.01. The minimum absolute atomic E-state index is 0.0302. The summed E-state index contributed by atoms with van der Waals surface area (Å²) >= 11 is 1.62. The van der Waals surface area contributed by atoms with Crippen molar-refractivity contribution in [2.75, 3.05) is 7.11 Å². The van der Waals surface area contributed by atoms with Gasteiger partial charge >= 0.3 is 11.9 Å². The molecule has 3 aliphatic rings. The average Bonchev–Trinajstić information content (AvgIpc) is 2.67. The minimum atomic E-state index is -0.849. The predicted octanol–water partition coefficient (Wildman–Crippen LogP) is 0.504. The maximum Gasteiger partial charge on any atom is 0.382 e. The molecule has 0 aromatic heterocycles. The van der Waals surface area contributed by atoms with Crippen molar-refractivity contribution < 1.29 is 24.1 Å². The van der Waals surface area contributed by atoms with Crippen LogP contribution >= 0.6 is 11.8 Å². The van der Waals surface area contributed by atoms with Gasteiger partial charge in [0.05, 0.1) is 24.2 Å². The number of hydroxylamine groups is 1. The lowest BCUT2D eigenvalue weighted by atomic mass is 9.84. The molecule has 0 spiro atoms. The van der Waals surface area contributed by atoms with Crippen molar-refractivity contribution >= 4 is 41.0 Å². The number of carbonyl (C=O) groups is 3. The molecule has 2 unspecified atom stereocenters. The van der Waals surface area contributed by atoms with E-state index in [2.05, 4.69) is 9.99 Å². The Labute approximate surface area is 164 Å². The fraction of sp³-hybridized carbons (Fsp3) is 0.222. The fourth-order valence-corrected chi connectivity index (χ4v) is 4.77. The number of thioether (sulfide) groups is 1. The molecule has 1 aromatic rings.